The molecule has 1 heterocycles. The van der Waals surface area contributed by atoms with Crippen LogP contribution >= 0.6 is 11.6 Å². The first kappa shape index (κ1) is 21.6. The molecule has 1 fully saturated rings. The van der Waals surface area contributed by atoms with Gasteiger partial charge in [0.2, 0.25) is 0 Å². The fourth-order valence-corrected chi connectivity index (χ4v) is 3.89. The van der Waals surface area contributed by atoms with E-state index in [2.05, 4.69) is 0 Å². The number of nitrogens with zero attached hydrogens (tertiary/aromatic N) is 1. The molecule has 4 rings (SSSR count). The Labute approximate surface area is 189 Å². The largest absolute Gasteiger partial charge is 0.507 e. The molecule has 0 radical (unpaired) electrons. The number of ketones is 1. The average Bonchev–Trinajstić information content (AvgIpc) is 3.06. The van der Waals surface area contributed by atoms with Crippen LogP contribution in [0.25, 0.3) is 5.76 Å². The number of anilines is 1. The summed E-state index contributed by atoms with van der Waals surface area (Å²) in [5.74, 6) is -2.10. The molecule has 32 heavy (non-hydrogen) atoms. The minimum Gasteiger partial charge on any atom is -0.507 e. The van der Waals surface area contributed by atoms with Gasteiger partial charge in [-0.25, -0.2) is 4.39 Å². The summed E-state index contributed by atoms with van der Waals surface area (Å²) in [6.45, 7) is 2.15. The Morgan fingerprint density at radius 1 is 1.06 bits per heavy atom. The minimum atomic E-state index is -0.941. The van der Waals surface area contributed by atoms with E-state index in [0.29, 0.717) is 28.6 Å². The van der Waals surface area contributed by atoms with Crippen LogP contribution in [0.5, 0.6) is 5.75 Å². The van der Waals surface area contributed by atoms with Crippen LogP contribution in [0.4, 0.5) is 10.1 Å². The van der Waals surface area contributed by atoms with E-state index in [9.17, 15) is 19.1 Å². The van der Waals surface area contributed by atoms with Crippen molar-refractivity contribution in [2.24, 2.45) is 0 Å². The molecule has 0 saturated carbocycles. The lowest BCUT2D eigenvalue weighted by molar-refractivity contribution is -0.132. The van der Waals surface area contributed by atoms with Crippen LogP contribution in [-0.2, 0) is 9.59 Å². The van der Waals surface area contributed by atoms with Crippen LogP contribution in [0, 0.1) is 5.82 Å². The first-order chi connectivity index (χ1) is 15.4. The van der Waals surface area contributed by atoms with Gasteiger partial charge in [-0.3, -0.25) is 14.5 Å². The van der Waals surface area contributed by atoms with Crippen LogP contribution < -0.4 is 9.64 Å². The van der Waals surface area contributed by atoms with Gasteiger partial charge in [-0.05, 0) is 55.0 Å². The second-order valence-corrected chi connectivity index (χ2v) is 7.54. The molecule has 1 saturated heterocycles. The lowest BCUT2D eigenvalue weighted by Crippen LogP contribution is -2.29. The number of carbonyl (C=O) groups excluding carboxylic acids is 2. The lowest BCUT2D eigenvalue weighted by atomic mass is 9.95. The van der Waals surface area contributed by atoms with Gasteiger partial charge in [-0.15, -0.1) is 0 Å². The van der Waals surface area contributed by atoms with E-state index in [1.165, 1.54) is 41.3 Å². The molecule has 0 spiro atoms. The zero-order valence-electron chi connectivity index (χ0n) is 17.1. The number of hydrogen-bond acceptors (Lipinski definition) is 4. The summed E-state index contributed by atoms with van der Waals surface area (Å²) >= 11 is 6.15. The number of para-hydroxylation sites is 1. The van der Waals surface area contributed by atoms with E-state index >= 15 is 0 Å². The zero-order valence-corrected chi connectivity index (χ0v) is 17.8. The first-order valence-electron chi connectivity index (χ1n) is 9.96. The summed E-state index contributed by atoms with van der Waals surface area (Å²) < 4.78 is 19.1. The monoisotopic (exact) mass is 451 g/mol. The van der Waals surface area contributed by atoms with Crippen molar-refractivity contribution in [2.45, 2.75) is 13.0 Å². The predicted molar refractivity (Wildman–Crippen MR) is 120 cm³/mol. The van der Waals surface area contributed by atoms with Gasteiger partial charge < -0.3 is 9.84 Å². The summed E-state index contributed by atoms with van der Waals surface area (Å²) in [7, 11) is 0. The number of aliphatic hydroxyl groups excluding tert-OH is 1. The molecule has 3 aromatic rings. The Balaban J connectivity index is 1.92. The van der Waals surface area contributed by atoms with Crippen LogP contribution in [0.3, 0.4) is 0 Å². The molecule has 1 aliphatic heterocycles. The predicted octanol–water partition coefficient (Wildman–Crippen LogP) is 5.50. The molecular weight excluding hydrogens is 433 g/mol. The second kappa shape index (κ2) is 8.85. The Morgan fingerprint density at radius 2 is 1.75 bits per heavy atom. The SMILES string of the molecule is CCOc1cc(/C(O)=C2/C(=O)C(=O)N(c3ccccc3)C2c2ccc(F)cc2)ccc1Cl. The average molecular weight is 452 g/mol. The molecule has 0 aliphatic carbocycles. The summed E-state index contributed by atoms with van der Waals surface area (Å²) in [5, 5.41) is 11.5. The van der Waals surface area contributed by atoms with Crippen molar-refractivity contribution in [3.8, 4) is 5.75 Å². The maximum absolute atomic E-state index is 13.6. The summed E-state index contributed by atoms with van der Waals surface area (Å²) in [6.07, 6.45) is 0. The molecule has 7 heteroatoms. The van der Waals surface area contributed by atoms with Crippen LogP contribution in [0.1, 0.15) is 24.1 Å². The van der Waals surface area contributed by atoms with Crippen LogP contribution in [0.2, 0.25) is 5.02 Å². The summed E-state index contributed by atoms with van der Waals surface area (Å²) in [6, 6.07) is 17.8. The first-order valence-corrected chi connectivity index (χ1v) is 10.3. The van der Waals surface area contributed by atoms with Gasteiger partial charge in [0.25, 0.3) is 11.7 Å². The highest BCUT2D eigenvalue weighted by molar-refractivity contribution is 6.51. The number of Topliss-reactive ketones (excluding diaryl/α,β-unsaturated/α-hetero) is 1. The van der Waals surface area contributed by atoms with Crippen molar-refractivity contribution in [1.29, 1.82) is 0 Å². The van der Waals surface area contributed by atoms with Gasteiger partial charge in [-0.1, -0.05) is 41.9 Å². The number of hydrogen-bond donors (Lipinski definition) is 1. The lowest BCUT2D eigenvalue weighted by Gasteiger charge is -2.25. The molecule has 5 nitrogen and oxygen atoms in total. The van der Waals surface area contributed by atoms with Crippen molar-refractivity contribution >= 4 is 34.7 Å². The normalized spacial score (nSPS) is 17.6. The highest BCUT2D eigenvalue weighted by Gasteiger charge is 2.46. The maximum atomic E-state index is 13.6. The van der Waals surface area contributed by atoms with Crippen molar-refractivity contribution < 1.29 is 23.8 Å². The molecule has 0 aromatic heterocycles. The minimum absolute atomic E-state index is 0.102. The maximum Gasteiger partial charge on any atom is 0.300 e. The fourth-order valence-electron chi connectivity index (χ4n) is 3.72. The van der Waals surface area contributed by atoms with Gasteiger partial charge >= 0.3 is 0 Å². The zero-order chi connectivity index (χ0) is 22.8. The third-order valence-electron chi connectivity index (χ3n) is 5.17. The third-order valence-corrected chi connectivity index (χ3v) is 5.48. The van der Waals surface area contributed by atoms with Crippen molar-refractivity contribution in [3.05, 3.63) is 100 Å². The molecular formula is C25H19ClFNO4. The van der Waals surface area contributed by atoms with Crippen molar-refractivity contribution in [1.82, 2.24) is 0 Å². The van der Waals surface area contributed by atoms with E-state index in [-0.39, 0.29) is 16.9 Å². The van der Waals surface area contributed by atoms with Crippen molar-refractivity contribution in [3.63, 3.8) is 0 Å². The van der Waals surface area contributed by atoms with Gasteiger partial charge in [0.15, 0.2) is 0 Å². The smallest absolute Gasteiger partial charge is 0.300 e. The van der Waals surface area contributed by atoms with Crippen LogP contribution in [0.15, 0.2) is 78.4 Å². The Morgan fingerprint density at radius 3 is 2.41 bits per heavy atom. The van der Waals surface area contributed by atoms with E-state index in [1.54, 1.807) is 43.3 Å². The molecule has 3 aromatic carbocycles. The number of aliphatic hydroxyl groups is 1. The number of benzene rings is 3. The van der Waals surface area contributed by atoms with E-state index in [1.807, 2.05) is 0 Å². The summed E-state index contributed by atoms with van der Waals surface area (Å²) in [5.41, 5.74) is 1.13. The fraction of sp³-hybridized carbons (Fsp3) is 0.120. The molecule has 1 N–H and O–H groups in total. The Bertz CT molecular complexity index is 1210. The number of carbonyl (C=O) groups is 2. The number of rotatable bonds is 5. The van der Waals surface area contributed by atoms with E-state index in [0.717, 1.165) is 0 Å². The van der Waals surface area contributed by atoms with E-state index < -0.39 is 23.5 Å². The topological polar surface area (TPSA) is 66.8 Å². The summed E-state index contributed by atoms with van der Waals surface area (Å²) in [4.78, 5) is 27.4. The number of amides is 1. The molecule has 0 bridgehead atoms. The third kappa shape index (κ3) is 3.85. The number of halogens is 2. The molecule has 1 atom stereocenters. The van der Waals surface area contributed by atoms with Crippen molar-refractivity contribution in [2.75, 3.05) is 11.5 Å². The Kier molecular flexibility index (Phi) is 5.97. The highest BCUT2D eigenvalue weighted by Crippen LogP contribution is 2.42. The molecule has 162 valence electrons. The number of ether oxygens (including phenoxy) is 1. The second-order valence-electron chi connectivity index (χ2n) is 7.13. The van der Waals surface area contributed by atoms with Gasteiger partial charge in [0.05, 0.1) is 23.2 Å². The molecule has 1 aliphatic rings. The van der Waals surface area contributed by atoms with Gasteiger partial charge in [0.1, 0.15) is 17.3 Å². The van der Waals surface area contributed by atoms with E-state index in [4.69, 9.17) is 16.3 Å². The van der Waals surface area contributed by atoms with Gasteiger partial charge in [0, 0.05) is 11.3 Å². The molecule has 1 unspecified atom stereocenters. The standard InChI is InChI=1S/C25H19ClFNO4/c1-2-32-20-14-16(10-13-19(20)26)23(29)21-22(15-8-11-17(27)12-9-15)28(25(31)24(21)30)18-6-4-3-5-7-18/h3-14,22,29H,2H2,1H3/b23-21-. The Hall–Kier alpha value is -3.64. The quantitative estimate of drug-likeness (QED) is 0.316. The van der Waals surface area contributed by atoms with Gasteiger partial charge in [-0.2, -0.15) is 0 Å². The highest BCUT2D eigenvalue weighted by atomic mass is 35.5. The molecule has 1 amide bonds. The van der Waals surface area contributed by atoms with Crippen LogP contribution in [-0.4, -0.2) is 23.4 Å².